The molecule has 0 N–H and O–H groups in total. The van der Waals surface area contributed by atoms with E-state index in [-0.39, 0.29) is 11.3 Å². The highest BCUT2D eigenvalue weighted by Gasteiger charge is 2.36. The van der Waals surface area contributed by atoms with Gasteiger partial charge in [0.2, 0.25) is 0 Å². The molecule has 0 spiro atoms. The molecule has 21 heavy (non-hydrogen) atoms. The van der Waals surface area contributed by atoms with Crippen LogP contribution in [-0.4, -0.2) is 19.6 Å². The van der Waals surface area contributed by atoms with Gasteiger partial charge in [-0.2, -0.15) is 27.8 Å². The molecule has 2 aromatic rings. The molecule has 0 bridgehead atoms. The van der Waals surface area contributed by atoms with E-state index in [0.717, 1.165) is 25.7 Å². The Kier molecular flexibility index (Phi) is 5.14. The van der Waals surface area contributed by atoms with Gasteiger partial charge in [-0.05, 0) is 12.8 Å². The number of nitrogens with zero attached hydrogens (tertiary/aromatic N) is 4. The third-order valence-corrected chi connectivity index (χ3v) is 3.32. The van der Waals surface area contributed by atoms with Gasteiger partial charge in [0.25, 0.3) is 5.78 Å². The maximum Gasteiger partial charge on any atom is 0.433 e. The zero-order valence-electron chi connectivity index (χ0n) is 11.9. The second-order valence-corrected chi connectivity index (χ2v) is 5.04. The van der Waals surface area contributed by atoms with Gasteiger partial charge in [0, 0.05) is 5.56 Å². The lowest BCUT2D eigenvalue weighted by molar-refractivity contribution is -0.141. The second kappa shape index (κ2) is 6.87. The Labute approximate surface area is 121 Å². The quantitative estimate of drug-likeness (QED) is 0.729. The van der Waals surface area contributed by atoms with Crippen molar-refractivity contribution in [2.45, 2.75) is 58.0 Å². The first kappa shape index (κ1) is 15.7. The van der Waals surface area contributed by atoms with Crippen LogP contribution in [0.5, 0.6) is 0 Å². The van der Waals surface area contributed by atoms with Gasteiger partial charge >= 0.3 is 6.18 Å². The molecule has 2 rings (SSSR count). The van der Waals surface area contributed by atoms with E-state index in [1.54, 1.807) is 0 Å². The lowest BCUT2D eigenvalue weighted by Gasteiger charge is -2.11. The molecule has 7 heteroatoms. The minimum absolute atomic E-state index is 0.0657. The van der Waals surface area contributed by atoms with E-state index in [1.165, 1.54) is 17.3 Å². The van der Waals surface area contributed by atoms with E-state index in [1.807, 2.05) is 0 Å². The van der Waals surface area contributed by atoms with Crippen LogP contribution in [0.1, 0.15) is 56.7 Å². The molecule has 0 aromatic carbocycles. The molecule has 2 heterocycles. The van der Waals surface area contributed by atoms with Gasteiger partial charge in [-0.3, -0.25) is 0 Å². The summed E-state index contributed by atoms with van der Waals surface area (Å²) in [6, 6.07) is 0. The van der Waals surface area contributed by atoms with Crippen molar-refractivity contribution in [2.24, 2.45) is 0 Å². The lowest BCUT2D eigenvalue weighted by Crippen LogP contribution is -2.14. The summed E-state index contributed by atoms with van der Waals surface area (Å²) in [4.78, 5) is 7.24. The highest BCUT2D eigenvalue weighted by Crippen LogP contribution is 2.31. The SMILES string of the molecule is CCCCCCCCc1[c]n2ncnc2nc1C(F)(F)F. The highest BCUT2D eigenvalue weighted by molar-refractivity contribution is 5.31. The number of fused-ring (bicyclic) bond motifs is 1. The maximum atomic E-state index is 13.0. The minimum Gasteiger partial charge on any atom is -0.206 e. The standard InChI is InChI=1S/C14H18F3N4/c1-2-3-4-5-6-7-8-11-9-21-13(18-10-19-21)20-12(11)14(15,16)17/h10H,2-8H2,1H3. The van der Waals surface area contributed by atoms with E-state index >= 15 is 0 Å². The predicted molar refractivity (Wildman–Crippen MR) is 71.7 cm³/mol. The Morgan fingerprint density at radius 2 is 1.86 bits per heavy atom. The fourth-order valence-corrected chi connectivity index (χ4v) is 2.23. The van der Waals surface area contributed by atoms with Gasteiger partial charge in [0.15, 0.2) is 5.69 Å². The molecule has 0 aliphatic heterocycles. The van der Waals surface area contributed by atoms with Crippen molar-refractivity contribution >= 4 is 5.78 Å². The average molecular weight is 299 g/mol. The average Bonchev–Trinajstić information content (AvgIpc) is 2.88. The van der Waals surface area contributed by atoms with Crippen LogP contribution < -0.4 is 0 Å². The molecule has 0 aliphatic rings. The summed E-state index contributed by atoms with van der Waals surface area (Å²) in [6.07, 6.45) is 5.77. The van der Waals surface area contributed by atoms with Crippen molar-refractivity contribution in [2.75, 3.05) is 0 Å². The number of halogens is 3. The van der Waals surface area contributed by atoms with E-state index < -0.39 is 11.9 Å². The molecule has 0 atom stereocenters. The fourth-order valence-electron chi connectivity index (χ4n) is 2.23. The van der Waals surface area contributed by atoms with Crippen LogP contribution in [0.2, 0.25) is 0 Å². The molecule has 0 aliphatic carbocycles. The number of aryl methyl sites for hydroxylation is 1. The molecule has 1 radical (unpaired) electrons. The van der Waals surface area contributed by atoms with Crippen molar-refractivity contribution in [1.82, 2.24) is 19.6 Å². The smallest absolute Gasteiger partial charge is 0.206 e. The van der Waals surface area contributed by atoms with Crippen LogP contribution in [0.4, 0.5) is 13.2 Å². The number of rotatable bonds is 7. The van der Waals surface area contributed by atoms with Crippen LogP contribution in [0.25, 0.3) is 5.78 Å². The van der Waals surface area contributed by atoms with Crippen LogP contribution >= 0.6 is 0 Å². The maximum absolute atomic E-state index is 13.0. The summed E-state index contributed by atoms with van der Waals surface area (Å²) < 4.78 is 40.2. The molecular formula is C14H18F3N4. The Balaban J connectivity index is 2.06. The minimum atomic E-state index is -4.48. The Morgan fingerprint density at radius 1 is 1.14 bits per heavy atom. The van der Waals surface area contributed by atoms with Crippen molar-refractivity contribution in [1.29, 1.82) is 0 Å². The van der Waals surface area contributed by atoms with Gasteiger partial charge in [0.1, 0.15) is 12.5 Å². The molecule has 115 valence electrons. The monoisotopic (exact) mass is 299 g/mol. The van der Waals surface area contributed by atoms with E-state index in [0.29, 0.717) is 12.8 Å². The van der Waals surface area contributed by atoms with Crippen LogP contribution in [-0.2, 0) is 12.6 Å². The fraction of sp³-hybridized carbons (Fsp3) is 0.643. The molecule has 0 unspecified atom stereocenters. The van der Waals surface area contributed by atoms with Gasteiger partial charge in [0.05, 0.1) is 0 Å². The third kappa shape index (κ3) is 4.15. The molecule has 0 saturated carbocycles. The van der Waals surface area contributed by atoms with Gasteiger partial charge in [-0.25, -0.2) is 4.98 Å². The molecular weight excluding hydrogens is 281 g/mol. The zero-order chi connectivity index (χ0) is 15.3. The van der Waals surface area contributed by atoms with Crippen molar-refractivity contribution in [3.63, 3.8) is 0 Å². The number of alkyl halides is 3. The van der Waals surface area contributed by atoms with Crippen LogP contribution in [0, 0.1) is 6.20 Å². The summed E-state index contributed by atoms with van der Waals surface area (Å²) in [7, 11) is 0. The molecule has 0 saturated heterocycles. The third-order valence-electron chi connectivity index (χ3n) is 3.32. The molecule has 0 amide bonds. The zero-order valence-corrected chi connectivity index (χ0v) is 11.9. The first-order valence-corrected chi connectivity index (χ1v) is 7.21. The molecule has 0 fully saturated rings. The number of hydrogen-bond donors (Lipinski definition) is 0. The van der Waals surface area contributed by atoms with Crippen molar-refractivity contribution < 1.29 is 13.2 Å². The number of aromatic nitrogens is 4. The summed E-state index contributed by atoms with van der Waals surface area (Å²) in [6.45, 7) is 2.13. The molecule has 4 nitrogen and oxygen atoms in total. The van der Waals surface area contributed by atoms with Crippen molar-refractivity contribution in [3.8, 4) is 0 Å². The summed E-state index contributed by atoms with van der Waals surface area (Å²) in [5, 5.41) is 3.79. The van der Waals surface area contributed by atoms with E-state index in [9.17, 15) is 13.2 Å². The number of hydrogen-bond acceptors (Lipinski definition) is 3. The Hall–Kier alpha value is -1.66. The van der Waals surface area contributed by atoms with Crippen LogP contribution in [0.15, 0.2) is 6.33 Å². The first-order valence-electron chi connectivity index (χ1n) is 7.21. The summed E-state index contributed by atoms with van der Waals surface area (Å²) >= 11 is 0. The van der Waals surface area contributed by atoms with Gasteiger partial charge < -0.3 is 0 Å². The molecule has 2 aromatic heterocycles. The van der Waals surface area contributed by atoms with Gasteiger partial charge in [-0.1, -0.05) is 39.0 Å². The largest absolute Gasteiger partial charge is 0.433 e. The first-order chi connectivity index (χ1) is 10.0. The Bertz CT molecular complexity index is 577. The predicted octanol–water partition coefficient (Wildman–Crippen LogP) is 3.85. The van der Waals surface area contributed by atoms with Crippen LogP contribution in [0.3, 0.4) is 0 Å². The number of unbranched alkanes of at least 4 members (excludes halogenated alkanes) is 5. The summed E-state index contributed by atoms with van der Waals surface area (Å²) in [5.74, 6) is -0.0750. The second-order valence-electron chi connectivity index (χ2n) is 5.04. The van der Waals surface area contributed by atoms with E-state index in [2.05, 4.69) is 28.2 Å². The van der Waals surface area contributed by atoms with Gasteiger partial charge in [-0.15, -0.1) is 0 Å². The summed E-state index contributed by atoms with van der Waals surface area (Å²) in [5.41, 5.74) is -0.826. The highest BCUT2D eigenvalue weighted by atomic mass is 19.4. The van der Waals surface area contributed by atoms with E-state index in [4.69, 9.17) is 0 Å². The topological polar surface area (TPSA) is 43.1 Å². The lowest BCUT2D eigenvalue weighted by atomic mass is 10.0. The Morgan fingerprint density at radius 3 is 2.57 bits per heavy atom. The normalized spacial score (nSPS) is 12.2. The van der Waals surface area contributed by atoms with Crippen molar-refractivity contribution in [3.05, 3.63) is 23.8 Å².